The van der Waals surface area contributed by atoms with Crippen molar-refractivity contribution in [3.8, 4) is 5.75 Å². The van der Waals surface area contributed by atoms with Gasteiger partial charge in [0.15, 0.2) is 5.78 Å². The van der Waals surface area contributed by atoms with Crippen molar-refractivity contribution < 1.29 is 19.1 Å². The minimum atomic E-state index is -0.369. The molecule has 2 aliphatic heterocycles. The largest absolute Gasteiger partial charge is 0.486 e. The number of hydrogen-bond acceptors (Lipinski definition) is 5. The van der Waals surface area contributed by atoms with E-state index in [1.807, 2.05) is 6.07 Å². The first-order valence-electron chi connectivity index (χ1n) is 6.63. The number of carbonyl (C=O) groups is 2. The molecule has 0 radical (unpaired) electrons. The molecule has 2 heterocycles. The first-order valence-corrected chi connectivity index (χ1v) is 6.63. The second kappa shape index (κ2) is 5.13. The van der Waals surface area contributed by atoms with E-state index in [1.54, 1.807) is 17.0 Å². The summed E-state index contributed by atoms with van der Waals surface area (Å²) in [4.78, 5) is 24.8. The number of fused-ring (bicyclic) bond motifs is 1. The summed E-state index contributed by atoms with van der Waals surface area (Å²) in [6.45, 7) is 1.10. The van der Waals surface area contributed by atoms with Crippen LogP contribution in [0.1, 0.15) is 12.0 Å². The van der Waals surface area contributed by atoms with Gasteiger partial charge >= 0.3 is 6.09 Å². The summed E-state index contributed by atoms with van der Waals surface area (Å²) in [7, 11) is 0. The fraction of sp³-hybridized carbons (Fsp3) is 0.429. The van der Waals surface area contributed by atoms with Crippen LogP contribution < -0.4 is 15.4 Å². The number of amides is 1. The molecule has 1 saturated heterocycles. The van der Waals surface area contributed by atoms with Gasteiger partial charge in [0.05, 0.1) is 6.54 Å². The van der Waals surface area contributed by atoms with Crippen molar-refractivity contribution in [2.24, 2.45) is 5.73 Å². The van der Waals surface area contributed by atoms with Crippen molar-refractivity contribution in [3.63, 3.8) is 0 Å². The topological polar surface area (TPSA) is 81.9 Å². The van der Waals surface area contributed by atoms with Gasteiger partial charge in [0.2, 0.25) is 0 Å². The molecular formula is C14H16N2O4. The summed E-state index contributed by atoms with van der Waals surface area (Å²) in [5, 5.41) is 0. The van der Waals surface area contributed by atoms with Gasteiger partial charge in [-0.25, -0.2) is 4.79 Å². The zero-order valence-corrected chi connectivity index (χ0v) is 11.0. The molecule has 1 atom stereocenters. The lowest BCUT2D eigenvalue weighted by Gasteiger charge is -2.19. The van der Waals surface area contributed by atoms with Crippen molar-refractivity contribution in [3.05, 3.63) is 23.8 Å². The molecule has 1 aromatic carbocycles. The van der Waals surface area contributed by atoms with Gasteiger partial charge in [-0.2, -0.15) is 0 Å². The minimum Gasteiger partial charge on any atom is -0.486 e. The van der Waals surface area contributed by atoms with Gasteiger partial charge in [0.25, 0.3) is 0 Å². The lowest BCUT2D eigenvalue weighted by atomic mass is 10.0. The molecule has 2 N–H and O–H groups in total. The number of Topliss-reactive ketones (excluding diaryl/α,β-unsaturated/α-hetero) is 1. The Labute approximate surface area is 116 Å². The average molecular weight is 276 g/mol. The van der Waals surface area contributed by atoms with Crippen LogP contribution in [0.2, 0.25) is 0 Å². The third-order valence-corrected chi connectivity index (χ3v) is 3.49. The number of rotatable bonds is 3. The maximum absolute atomic E-state index is 11.9. The average Bonchev–Trinajstić information content (AvgIpc) is 2.79. The normalized spacial score (nSPS) is 21.4. The van der Waals surface area contributed by atoms with E-state index in [0.717, 1.165) is 11.3 Å². The van der Waals surface area contributed by atoms with Crippen molar-refractivity contribution in [2.45, 2.75) is 18.9 Å². The summed E-state index contributed by atoms with van der Waals surface area (Å²) in [5.41, 5.74) is 7.02. The number of benzene rings is 1. The van der Waals surface area contributed by atoms with Gasteiger partial charge < -0.3 is 15.2 Å². The molecule has 0 bridgehead atoms. The molecule has 0 aliphatic carbocycles. The molecule has 1 amide bonds. The van der Waals surface area contributed by atoms with E-state index in [-0.39, 0.29) is 24.6 Å². The number of carbonyl (C=O) groups excluding carboxylic acids is 2. The summed E-state index contributed by atoms with van der Waals surface area (Å²) >= 11 is 0. The Morgan fingerprint density at radius 2 is 2.20 bits per heavy atom. The van der Waals surface area contributed by atoms with Gasteiger partial charge in [0.1, 0.15) is 18.5 Å². The number of ether oxygens (including phenoxy) is 2. The summed E-state index contributed by atoms with van der Waals surface area (Å²) in [6, 6.07) is 5.42. The molecule has 2 aliphatic rings. The Bertz CT molecular complexity index is 558. The highest BCUT2D eigenvalue weighted by Crippen LogP contribution is 2.30. The van der Waals surface area contributed by atoms with Crippen LogP contribution in [0.15, 0.2) is 18.2 Å². The zero-order valence-electron chi connectivity index (χ0n) is 11.0. The van der Waals surface area contributed by atoms with Gasteiger partial charge in [-0.3, -0.25) is 9.69 Å². The summed E-state index contributed by atoms with van der Waals surface area (Å²) < 4.78 is 10.6. The van der Waals surface area contributed by atoms with Gasteiger partial charge in [0, 0.05) is 17.7 Å². The Hall–Kier alpha value is -2.08. The zero-order chi connectivity index (χ0) is 14.1. The third kappa shape index (κ3) is 2.34. The standard InChI is InChI=1S/C14H16N2O4/c15-4-3-12-7-16(14(18)20-12)10-1-2-13-9(5-10)6-11(17)8-19-13/h1-2,5,12H,3-4,6-8,15H2. The molecule has 1 unspecified atom stereocenters. The number of nitrogens with two attached hydrogens (primary N) is 1. The molecule has 106 valence electrons. The smallest absolute Gasteiger partial charge is 0.414 e. The third-order valence-electron chi connectivity index (χ3n) is 3.49. The van der Waals surface area contributed by atoms with Crippen LogP contribution in [0.4, 0.5) is 10.5 Å². The fourth-order valence-corrected chi connectivity index (χ4v) is 2.50. The summed E-state index contributed by atoms with van der Waals surface area (Å²) in [6.07, 6.45) is 0.459. The highest BCUT2D eigenvalue weighted by Gasteiger charge is 2.32. The fourth-order valence-electron chi connectivity index (χ4n) is 2.50. The monoisotopic (exact) mass is 276 g/mol. The predicted octanol–water partition coefficient (Wildman–Crippen LogP) is 0.865. The maximum Gasteiger partial charge on any atom is 0.414 e. The quantitative estimate of drug-likeness (QED) is 0.885. The van der Waals surface area contributed by atoms with E-state index in [1.165, 1.54) is 0 Å². The van der Waals surface area contributed by atoms with Crippen molar-refractivity contribution in [1.29, 1.82) is 0 Å². The van der Waals surface area contributed by atoms with Gasteiger partial charge in [-0.05, 0) is 31.2 Å². The predicted molar refractivity (Wildman–Crippen MR) is 71.9 cm³/mol. The molecule has 20 heavy (non-hydrogen) atoms. The van der Waals surface area contributed by atoms with Gasteiger partial charge in [-0.1, -0.05) is 0 Å². The first kappa shape index (κ1) is 12.9. The SMILES string of the molecule is NCCC1CN(c2ccc3c(c2)CC(=O)CO3)C(=O)O1. The molecule has 0 aromatic heterocycles. The van der Waals surface area contributed by atoms with E-state index in [0.29, 0.717) is 31.7 Å². The van der Waals surface area contributed by atoms with Crippen LogP contribution in [0, 0.1) is 0 Å². The highest BCUT2D eigenvalue weighted by atomic mass is 16.6. The summed E-state index contributed by atoms with van der Waals surface area (Å²) in [5.74, 6) is 0.749. The van der Waals surface area contributed by atoms with Gasteiger partial charge in [-0.15, -0.1) is 0 Å². The molecular weight excluding hydrogens is 260 g/mol. The second-order valence-corrected chi connectivity index (χ2v) is 4.99. The Morgan fingerprint density at radius 1 is 1.35 bits per heavy atom. The maximum atomic E-state index is 11.9. The highest BCUT2D eigenvalue weighted by molar-refractivity contribution is 5.91. The molecule has 3 rings (SSSR count). The van der Waals surface area contributed by atoms with E-state index >= 15 is 0 Å². The molecule has 6 nitrogen and oxygen atoms in total. The van der Waals surface area contributed by atoms with Crippen molar-refractivity contribution in [1.82, 2.24) is 0 Å². The molecule has 6 heteroatoms. The first-order chi connectivity index (χ1) is 9.67. The Balaban J connectivity index is 1.82. The van der Waals surface area contributed by atoms with Crippen LogP contribution >= 0.6 is 0 Å². The van der Waals surface area contributed by atoms with Crippen LogP contribution in [0.25, 0.3) is 0 Å². The Kier molecular flexibility index (Phi) is 3.31. The number of ketones is 1. The molecule has 0 saturated carbocycles. The molecule has 1 aromatic rings. The van der Waals surface area contributed by atoms with Crippen LogP contribution in [0.3, 0.4) is 0 Å². The lowest BCUT2D eigenvalue weighted by molar-refractivity contribution is -0.121. The Morgan fingerprint density at radius 3 is 3.00 bits per heavy atom. The van der Waals surface area contributed by atoms with Crippen LogP contribution in [-0.2, 0) is 16.0 Å². The van der Waals surface area contributed by atoms with E-state index in [2.05, 4.69) is 0 Å². The number of anilines is 1. The second-order valence-electron chi connectivity index (χ2n) is 4.99. The van der Waals surface area contributed by atoms with E-state index in [9.17, 15) is 9.59 Å². The van der Waals surface area contributed by atoms with Crippen molar-refractivity contribution >= 4 is 17.6 Å². The number of cyclic esters (lactones) is 1. The number of nitrogens with zero attached hydrogens (tertiary/aromatic N) is 1. The molecule has 0 spiro atoms. The van der Waals surface area contributed by atoms with E-state index in [4.69, 9.17) is 15.2 Å². The van der Waals surface area contributed by atoms with E-state index < -0.39 is 0 Å². The number of hydrogen-bond donors (Lipinski definition) is 1. The minimum absolute atomic E-state index is 0.0413. The van der Waals surface area contributed by atoms with Crippen molar-refractivity contribution in [2.75, 3.05) is 24.6 Å². The van der Waals surface area contributed by atoms with Crippen LogP contribution in [0.5, 0.6) is 5.75 Å². The van der Waals surface area contributed by atoms with Crippen LogP contribution in [-0.4, -0.2) is 37.7 Å². The lowest BCUT2D eigenvalue weighted by Crippen LogP contribution is -2.26. The molecule has 1 fully saturated rings.